The quantitative estimate of drug-likeness (QED) is 0.485. The number of rotatable bonds is 5. The minimum atomic E-state index is -1.93. The molecule has 1 aliphatic rings. The maximum absolute atomic E-state index is 13.3. The number of hydrogen-bond acceptors (Lipinski definition) is 3. The van der Waals surface area contributed by atoms with Crippen molar-refractivity contribution in [2.75, 3.05) is 16.8 Å². The normalized spacial score (nSPS) is 13.1. The van der Waals surface area contributed by atoms with E-state index in [9.17, 15) is 18.8 Å². The summed E-state index contributed by atoms with van der Waals surface area (Å²) in [5.41, 5.74) is 3.94. The number of hydrogen-bond donors (Lipinski definition) is 2. The zero-order valence-electron chi connectivity index (χ0n) is 19.2. The van der Waals surface area contributed by atoms with Gasteiger partial charge in [0.1, 0.15) is 0 Å². The zero-order chi connectivity index (χ0) is 25.4. The highest BCUT2D eigenvalue weighted by Gasteiger charge is 2.23. The van der Waals surface area contributed by atoms with Crippen LogP contribution in [0.1, 0.15) is 34.8 Å². The molecule has 1 aliphatic heterocycles. The molecule has 8 heteroatoms. The Morgan fingerprint density at radius 3 is 2.31 bits per heavy atom. The first-order valence-corrected chi connectivity index (χ1v) is 11.5. The summed E-state index contributed by atoms with van der Waals surface area (Å²) in [4.78, 5) is 35.6. The van der Waals surface area contributed by atoms with Crippen LogP contribution in [0, 0.1) is 0 Å². The van der Waals surface area contributed by atoms with E-state index >= 15 is 0 Å². The van der Waals surface area contributed by atoms with Gasteiger partial charge in [-0.25, -0.2) is 9.18 Å². The highest BCUT2D eigenvalue weighted by atomic mass is 35.5. The van der Waals surface area contributed by atoms with Crippen LogP contribution in [0.15, 0.2) is 72.8 Å². The number of carboxylic acid groups (broad SMARTS) is 1. The van der Waals surface area contributed by atoms with Crippen LogP contribution in [0.25, 0.3) is 0 Å². The van der Waals surface area contributed by atoms with Crippen molar-refractivity contribution in [1.29, 1.82) is 0 Å². The Bertz CT molecular complexity index is 1180. The number of benzene rings is 3. The van der Waals surface area contributed by atoms with Crippen molar-refractivity contribution in [3.8, 4) is 0 Å². The first kappa shape index (κ1) is 25.9. The summed E-state index contributed by atoms with van der Waals surface area (Å²) in [7, 11) is 0. The molecule has 2 N–H and O–H groups in total. The Kier molecular flexibility index (Phi) is 8.98. The second-order valence-corrected chi connectivity index (χ2v) is 8.52. The number of aliphatic carboxylic acids is 1. The van der Waals surface area contributed by atoms with Gasteiger partial charge in [-0.05, 0) is 66.4 Å². The van der Waals surface area contributed by atoms with Crippen LogP contribution in [0.5, 0.6) is 0 Å². The molecular formula is C27H26ClFN2O4. The molecule has 3 aromatic rings. The molecule has 2 amide bonds. The molecule has 0 aliphatic carbocycles. The first-order valence-electron chi connectivity index (χ1n) is 11.1. The summed E-state index contributed by atoms with van der Waals surface area (Å²) >= 11 is 5.64. The van der Waals surface area contributed by atoms with E-state index in [0.29, 0.717) is 22.7 Å². The third kappa shape index (κ3) is 7.39. The van der Waals surface area contributed by atoms with Crippen LogP contribution in [0.2, 0.25) is 5.02 Å². The topological polar surface area (TPSA) is 86.7 Å². The SMILES string of the molecule is CC(=O)Nc1ccc(Cl)cc1.O=C(O)C(F)Cc1ccc(C(=O)N2CCCc3ccccc32)cc1. The van der Waals surface area contributed by atoms with E-state index in [-0.39, 0.29) is 18.2 Å². The number of halogens is 2. The summed E-state index contributed by atoms with van der Waals surface area (Å²) in [5.74, 6) is -1.64. The summed E-state index contributed by atoms with van der Waals surface area (Å²) in [6, 6.07) is 21.3. The molecule has 0 aromatic heterocycles. The number of carbonyl (C=O) groups excluding carboxylic acids is 2. The van der Waals surface area contributed by atoms with Gasteiger partial charge >= 0.3 is 5.97 Å². The number of nitrogens with zero attached hydrogens (tertiary/aromatic N) is 1. The molecule has 35 heavy (non-hydrogen) atoms. The van der Waals surface area contributed by atoms with E-state index in [4.69, 9.17) is 16.7 Å². The Labute approximate surface area is 208 Å². The van der Waals surface area contributed by atoms with Gasteiger partial charge in [-0.1, -0.05) is 41.9 Å². The Balaban J connectivity index is 0.000000261. The van der Waals surface area contributed by atoms with Crippen molar-refractivity contribution in [1.82, 2.24) is 0 Å². The standard InChI is InChI=1S/C19H18FNO3.C8H8ClNO/c20-16(19(23)24)12-13-7-9-15(10-8-13)18(22)21-11-3-5-14-4-1-2-6-17(14)21;1-6(11)10-8-4-2-7(9)3-5-8/h1-2,4,6-10,16H,3,5,11-12H2,(H,23,24);2-5H,1H3,(H,10,11). The zero-order valence-corrected chi connectivity index (χ0v) is 20.0. The fraction of sp³-hybridized carbons (Fsp3) is 0.222. The van der Waals surface area contributed by atoms with Gasteiger partial charge in [-0.2, -0.15) is 0 Å². The van der Waals surface area contributed by atoms with Crippen molar-refractivity contribution in [2.24, 2.45) is 0 Å². The number of para-hydroxylation sites is 1. The highest BCUT2D eigenvalue weighted by Crippen LogP contribution is 2.28. The van der Waals surface area contributed by atoms with E-state index in [2.05, 4.69) is 5.32 Å². The number of carbonyl (C=O) groups is 3. The summed E-state index contributed by atoms with van der Waals surface area (Å²) in [6.45, 7) is 2.14. The van der Waals surface area contributed by atoms with Crippen molar-refractivity contribution < 1.29 is 23.9 Å². The van der Waals surface area contributed by atoms with Crippen molar-refractivity contribution in [3.05, 3.63) is 94.5 Å². The lowest BCUT2D eigenvalue weighted by molar-refractivity contribution is -0.142. The van der Waals surface area contributed by atoms with E-state index in [1.807, 2.05) is 24.3 Å². The molecule has 0 spiro atoms. The molecule has 1 atom stereocenters. The maximum Gasteiger partial charge on any atom is 0.338 e. The van der Waals surface area contributed by atoms with E-state index in [1.165, 1.54) is 6.92 Å². The van der Waals surface area contributed by atoms with Gasteiger partial charge in [0.25, 0.3) is 5.91 Å². The lowest BCUT2D eigenvalue weighted by Crippen LogP contribution is -2.35. The van der Waals surface area contributed by atoms with Crippen molar-refractivity contribution >= 4 is 40.8 Å². The third-order valence-electron chi connectivity index (χ3n) is 5.40. The Morgan fingerprint density at radius 2 is 1.69 bits per heavy atom. The van der Waals surface area contributed by atoms with Crippen LogP contribution in [0.3, 0.4) is 0 Å². The average Bonchev–Trinajstić information content (AvgIpc) is 2.85. The second-order valence-electron chi connectivity index (χ2n) is 8.08. The van der Waals surface area contributed by atoms with Crippen LogP contribution in [-0.2, 0) is 22.4 Å². The lowest BCUT2D eigenvalue weighted by Gasteiger charge is -2.29. The van der Waals surface area contributed by atoms with Gasteiger partial charge < -0.3 is 15.3 Å². The predicted octanol–water partition coefficient (Wildman–Crippen LogP) is 5.54. The average molecular weight is 497 g/mol. The lowest BCUT2D eigenvalue weighted by atomic mass is 10.00. The summed E-state index contributed by atoms with van der Waals surface area (Å²) in [5, 5.41) is 11.9. The van der Waals surface area contributed by atoms with Crippen LogP contribution >= 0.6 is 11.6 Å². The first-order chi connectivity index (χ1) is 16.7. The maximum atomic E-state index is 13.3. The van der Waals surface area contributed by atoms with Crippen LogP contribution in [-0.4, -0.2) is 35.6 Å². The molecule has 0 bridgehead atoms. The minimum absolute atomic E-state index is 0.0766. The molecule has 1 heterocycles. The molecule has 0 saturated carbocycles. The van der Waals surface area contributed by atoms with Gasteiger partial charge in [-0.15, -0.1) is 0 Å². The molecule has 6 nitrogen and oxygen atoms in total. The van der Waals surface area contributed by atoms with E-state index < -0.39 is 12.1 Å². The molecule has 3 aromatic carbocycles. The second kappa shape index (κ2) is 12.1. The molecule has 4 rings (SSSR count). The van der Waals surface area contributed by atoms with Gasteiger partial charge in [0.05, 0.1) is 0 Å². The summed E-state index contributed by atoms with van der Waals surface area (Å²) in [6.07, 6.45) is -0.244. The number of amides is 2. The molecule has 0 saturated heterocycles. The monoisotopic (exact) mass is 496 g/mol. The Morgan fingerprint density at radius 1 is 1.03 bits per heavy atom. The number of nitrogens with one attached hydrogen (secondary N) is 1. The van der Waals surface area contributed by atoms with Gasteiger partial charge in [0, 0.05) is 41.9 Å². The van der Waals surface area contributed by atoms with E-state index in [0.717, 1.165) is 29.8 Å². The largest absolute Gasteiger partial charge is 0.479 e. The predicted molar refractivity (Wildman–Crippen MR) is 135 cm³/mol. The van der Waals surface area contributed by atoms with Gasteiger partial charge in [0.2, 0.25) is 12.1 Å². The fourth-order valence-corrected chi connectivity index (χ4v) is 3.84. The highest BCUT2D eigenvalue weighted by molar-refractivity contribution is 6.30. The smallest absolute Gasteiger partial charge is 0.338 e. The Hall–Kier alpha value is -3.71. The molecule has 0 radical (unpaired) electrons. The number of alkyl halides is 1. The molecular weight excluding hydrogens is 471 g/mol. The molecule has 182 valence electrons. The third-order valence-corrected chi connectivity index (χ3v) is 5.66. The molecule has 1 unspecified atom stereocenters. The van der Waals surface area contributed by atoms with Crippen molar-refractivity contribution in [2.45, 2.75) is 32.4 Å². The minimum Gasteiger partial charge on any atom is -0.479 e. The summed E-state index contributed by atoms with van der Waals surface area (Å²) < 4.78 is 13.3. The van der Waals surface area contributed by atoms with Crippen molar-refractivity contribution in [3.63, 3.8) is 0 Å². The van der Waals surface area contributed by atoms with E-state index in [1.54, 1.807) is 53.4 Å². The number of anilines is 2. The van der Waals surface area contributed by atoms with Crippen LogP contribution < -0.4 is 10.2 Å². The number of aryl methyl sites for hydroxylation is 1. The van der Waals surface area contributed by atoms with Gasteiger partial charge in [0.15, 0.2) is 0 Å². The molecule has 0 fully saturated rings. The number of carboxylic acids is 1. The van der Waals surface area contributed by atoms with Gasteiger partial charge in [-0.3, -0.25) is 9.59 Å². The van der Waals surface area contributed by atoms with Crippen LogP contribution in [0.4, 0.5) is 15.8 Å². The number of fused-ring (bicyclic) bond motifs is 1. The fourth-order valence-electron chi connectivity index (χ4n) is 3.71.